The van der Waals surface area contributed by atoms with Crippen LogP contribution in [0, 0.1) is 17.6 Å². The molecule has 0 heterocycles. The lowest BCUT2D eigenvalue weighted by atomic mass is 9.74. The number of primary sulfonamides is 1. The Morgan fingerprint density at radius 2 is 1.93 bits per heavy atom. The molecule has 3 atom stereocenters. The topological polar surface area (TPSA) is 102 Å². The van der Waals surface area contributed by atoms with E-state index in [9.17, 15) is 22.3 Å². The minimum absolute atomic E-state index is 0.0721. The van der Waals surface area contributed by atoms with Gasteiger partial charge in [-0.25, -0.2) is 17.9 Å². The van der Waals surface area contributed by atoms with Gasteiger partial charge in [0.15, 0.2) is 11.6 Å². The summed E-state index contributed by atoms with van der Waals surface area (Å²) < 4.78 is 56.0. The van der Waals surface area contributed by atoms with Gasteiger partial charge in [-0.3, -0.25) is 0 Å². The van der Waals surface area contributed by atoms with Crippen molar-refractivity contribution in [1.82, 2.24) is 0 Å². The van der Waals surface area contributed by atoms with Crippen molar-refractivity contribution in [3.63, 3.8) is 0 Å². The van der Waals surface area contributed by atoms with Gasteiger partial charge >= 0.3 is 0 Å². The van der Waals surface area contributed by atoms with Gasteiger partial charge in [0.25, 0.3) is 0 Å². The van der Waals surface area contributed by atoms with Gasteiger partial charge in [-0.2, -0.15) is 4.39 Å². The Balaban J connectivity index is 1.88. The van der Waals surface area contributed by atoms with Crippen LogP contribution in [-0.4, -0.2) is 26.9 Å². The standard InChI is InChI=1S/C20H24F2N2O4S/c1-28-19-15(9-10-17(21)18(19)22)14-7-2-3-8-16(14)20(25)24-12-5-4-6-13(11-12)29(23,26)27/h4-6,9-11,14,16,20,24-25H,2-3,7-8H2,1H3,(H2,23,26,27). The van der Waals surface area contributed by atoms with Gasteiger partial charge in [0, 0.05) is 17.2 Å². The maximum atomic E-state index is 14.2. The van der Waals surface area contributed by atoms with E-state index < -0.39 is 27.9 Å². The second-order valence-electron chi connectivity index (χ2n) is 7.20. The molecular weight excluding hydrogens is 402 g/mol. The molecule has 29 heavy (non-hydrogen) atoms. The minimum atomic E-state index is -3.87. The number of sulfonamides is 1. The molecular formula is C20H24F2N2O4S. The number of anilines is 1. The van der Waals surface area contributed by atoms with Crippen molar-refractivity contribution in [2.75, 3.05) is 12.4 Å². The molecule has 0 aromatic heterocycles. The molecule has 2 aromatic rings. The molecule has 1 saturated carbocycles. The van der Waals surface area contributed by atoms with Crippen molar-refractivity contribution in [1.29, 1.82) is 0 Å². The number of nitrogens with two attached hydrogens (primary N) is 1. The number of rotatable bonds is 6. The average molecular weight is 426 g/mol. The zero-order valence-electron chi connectivity index (χ0n) is 15.9. The van der Waals surface area contributed by atoms with Crippen LogP contribution in [-0.2, 0) is 10.0 Å². The van der Waals surface area contributed by atoms with Crippen molar-refractivity contribution in [3.8, 4) is 5.75 Å². The first kappa shape index (κ1) is 21.5. The zero-order valence-corrected chi connectivity index (χ0v) is 16.8. The Morgan fingerprint density at radius 1 is 1.21 bits per heavy atom. The fourth-order valence-electron chi connectivity index (χ4n) is 4.01. The van der Waals surface area contributed by atoms with E-state index in [1.54, 1.807) is 6.07 Å². The molecule has 0 saturated heterocycles. The average Bonchev–Trinajstić information content (AvgIpc) is 2.69. The van der Waals surface area contributed by atoms with E-state index in [1.165, 1.54) is 31.4 Å². The Hall–Kier alpha value is -2.23. The fraction of sp³-hybridized carbons (Fsp3) is 0.400. The SMILES string of the molecule is COc1c(C2CCCCC2C(O)Nc2cccc(S(N)(=O)=O)c2)ccc(F)c1F. The summed E-state index contributed by atoms with van der Waals surface area (Å²) in [6, 6.07) is 8.40. The van der Waals surface area contributed by atoms with Crippen LogP contribution in [0.2, 0.25) is 0 Å². The van der Waals surface area contributed by atoms with Crippen molar-refractivity contribution >= 4 is 15.7 Å². The Bertz CT molecular complexity index is 984. The first-order valence-electron chi connectivity index (χ1n) is 9.31. The summed E-state index contributed by atoms with van der Waals surface area (Å²) in [5.41, 5.74) is 0.904. The monoisotopic (exact) mass is 426 g/mol. The van der Waals surface area contributed by atoms with Gasteiger partial charge in [0.2, 0.25) is 15.8 Å². The number of hydrogen-bond acceptors (Lipinski definition) is 5. The van der Waals surface area contributed by atoms with E-state index in [-0.39, 0.29) is 22.5 Å². The molecule has 2 aromatic carbocycles. The number of aliphatic hydroxyl groups excluding tert-OH is 1. The van der Waals surface area contributed by atoms with Gasteiger partial charge in [0.1, 0.15) is 6.23 Å². The van der Waals surface area contributed by atoms with Gasteiger partial charge in [-0.1, -0.05) is 25.0 Å². The molecule has 9 heteroatoms. The third-order valence-electron chi connectivity index (χ3n) is 5.39. The maximum Gasteiger partial charge on any atom is 0.238 e. The minimum Gasteiger partial charge on any atom is -0.493 e. The van der Waals surface area contributed by atoms with E-state index in [0.29, 0.717) is 24.1 Å². The normalized spacial score (nSPS) is 20.9. The zero-order chi connectivity index (χ0) is 21.2. The molecule has 6 nitrogen and oxygen atoms in total. The summed E-state index contributed by atoms with van der Waals surface area (Å²) in [6.45, 7) is 0. The summed E-state index contributed by atoms with van der Waals surface area (Å²) >= 11 is 0. The summed E-state index contributed by atoms with van der Waals surface area (Å²) in [4.78, 5) is -0.0721. The summed E-state index contributed by atoms with van der Waals surface area (Å²) in [5, 5.41) is 18.9. The molecule has 0 bridgehead atoms. The van der Waals surface area contributed by atoms with Gasteiger partial charge in [-0.05, 0) is 43.0 Å². The first-order valence-corrected chi connectivity index (χ1v) is 10.9. The Morgan fingerprint density at radius 3 is 2.62 bits per heavy atom. The van der Waals surface area contributed by atoms with Crippen LogP contribution in [0.5, 0.6) is 5.75 Å². The van der Waals surface area contributed by atoms with E-state index in [2.05, 4.69) is 5.32 Å². The molecule has 0 amide bonds. The third-order valence-corrected chi connectivity index (χ3v) is 6.30. The van der Waals surface area contributed by atoms with Crippen molar-refractivity contribution < 1.29 is 27.0 Å². The molecule has 4 N–H and O–H groups in total. The van der Waals surface area contributed by atoms with Gasteiger partial charge < -0.3 is 15.2 Å². The molecule has 0 radical (unpaired) electrons. The number of aliphatic hydroxyl groups is 1. The van der Waals surface area contributed by atoms with E-state index in [0.717, 1.165) is 18.9 Å². The van der Waals surface area contributed by atoms with E-state index in [1.807, 2.05) is 0 Å². The van der Waals surface area contributed by atoms with E-state index >= 15 is 0 Å². The highest BCUT2D eigenvalue weighted by Gasteiger charge is 2.35. The quantitative estimate of drug-likeness (QED) is 0.615. The Labute approximate surface area is 168 Å². The summed E-state index contributed by atoms with van der Waals surface area (Å²) in [5.74, 6) is -2.74. The number of ether oxygens (including phenoxy) is 1. The Kier molecular flexibility index (Phi) is 6.40. The summed E-state index contributed by atoms with van der Waals surface area (Å²) in [6.07, 6.45) is 2.08. The smallest absolute Gasteiger partial charge is 0.238 e. The van der Waals surface area contributed by atoms with Crippen molar-refractivity contribution in [2.45, 2.75) is 42.7 Å². The number of hydrogen-bond donors (Lipinski definition) is 3. The molecule has 1 aliphatic carbocycles. The third kappa shape index (κ3) is 4.68. The lowest BCUT2D eigenvalue weighted by molar-refractivity contribution is 0.0922. The number of benzene rings is 2. The fourth-order valence-corrected chi connectivity index (χ4v) is 4.57. The predicted octanol–water partition coefficient (Wildman–Crippen LogP) is 3.33. The molecule has 1 fully saturated rings. The highest BCUT2D eigenvalue weighted by atomic mass is 32.2. The van der Waals surface area contributed by atoms with Crippen LogP contribution in [0.1, 0.15) is 37.2 Å². The second-order valence-corrected chi connectivity index (χ2v) is 8.76. The van der Waals surface area contributed by atoms with Crippen molar-refractivity contribution in [3.05, 3.63) is 53.6 Å². The van der Waals surface area contributed by atoms with Crippen molar-refractivity contribution in [2.24, 2.45) is 11.1 Å². The lowest BCUT2D eigenvalue weighted by Gasteiger charge is -2.36. The molecule has 3 unspecified atom stereocenters. The van der Waals surface area contributed by atoms with Crippen LogP contribution < -0.4 is 15.2 Å². The molecule has 0 spiro atoms. The molecule has 3 rings (SSSR count). The molecule has 1 aliphatic rings. The molecule has 0 aliphatic heterocycles. The summed E-state index contributed by atoms with van der Waals surface area (Å²) in [7, 11) is -2.59. The van der Waals surface area contributed by atoms with E-state index in [4.69, 9.17) is 9.88 Å². The number of methoxy groups -OCH3 is 1. The molecule has 158 valence electrons. The maximum absolute atomic E-state index is 14.2. The van der Waals surface area contributed by atoms with Crippen LogP contribution in [0.25, 0.3) is 0 Å². The second kappa shape index (κ2) is 8.64. The number of nitrogens with one attached hydrogen (secondary N) is 1. The van der Waals surface area contributed by atoms with Crippen LogP contribution in [0.4, 0.5) is 14.5 Å². The van der Waals surface area contributed by atoms with Gasteiger partial charge in [-0.15, -0.1) is 0 Å². The highest BCUT2D eigenvalue weighted by molar-refractivity contribution is 7.89. The predicted molar refractivity (Wildman–Crippen MR) is 105 cm³/mol. The van der Waals surface area contributed by atoms with Crippen LogP contribution >= 0.6 is 0 Å². The largest absolute Gasteiger partial charge is 0.493 e. The highest BCUT2D eigenvalue weighted by Crippen LogP contribution is 2.44. The lowest BCUT2D eigenvalue weighted by Crippen LogP contribution is -2.35. The van der Waals surface area contributed by atoms with Crippen LogP contribution in [0.3, 0.4) is 0 Å². The van der Waals surface area contributed by atoms with Crippen LogP contribution in [0.15, 0.2) is 41.3 Å². The number of halogens is 2. The first-order chi connectivity index (χ1) is 13.7. The van der Waals surface area contributed by atoms with Gasteiger partial charge in [0.05, 0.1) is 12.0 Å².